The van der Waals surface area contributed by atoms with E-state index in [2.05, 4.69) is 16.4 Å². The molecule has 1 aliphatic heterocycles. The molecule has 8 unspecified atom stereocenters. The third-order valence-corrected chi connectivity index (χ3v) is 11.5. The van der Waals surface area contributed by atoms with Gasteiger partial charge in [0, 0.05) is 30.1 Å². The fourth-order valence-corrected chi connectivity index (χ4v) is 8.95. The van der Waals surface area contributed by atoms with Crippen molar-refractivity contribution >= 4 is 0 Å². The van der Waals surface area contributed by atoms with Gasteiger partial charge in [0.15, 0.2) is 11.5 Å². The highest BCUT2D eigenvalue weighted by Crippen LogP contribution is 2.53. The molecule has 262 valence electrons. The van der Waals surface area contributed by atoms with E-state index in [1.165, 1.54) is 7.11 Å². The zero-order valence-electron chi connectivity index (χ0n) is 28.0. The summed E-state index contributed by atoms with van der Waals surface area (Å²) in [6.07, 6.45) is 8.76. The van der Waals surface area contributed by atoms with Crippen LogP contribution in [-0.2, 0) is 17.8 Å². The molecule has 1 saturated heterocycles. The molecule has 0 radical (unpaired) electrons. The van der Waals surface area contributed by atoms with E-state index in [9.17, 15) is 30.6 Å². The van der Waals surface area contributed by atoms with Crippen LogP contribution in [0.2, 0.25) is 0 Å². The molecule has 3 aliphatic rings. The molecule has 2 aliphatic carbocycles. The number of nitrogens with zero attached hydrogens (tertiary/aromatic N) is 1. The molecule has 0 bridgehead atoms. The smallest absolute Gasteiger partial charge is 0.201 e. The van der Waals surface area contributed by atoms with Crippen LogP contribution in [0.1, 0.15) is 103 Å². The second-order valence-corrected chi connectivity index (χ2v) is 14.2. The minimum atomic E-state index is -0.658. The van der Waals surface area contributed by atoms with Crippen LogP contribution in [0.3, 0.4) is 0 Å². The minimum Gasteiger partial charge on any atom is -0.670 e. The molecule has 0 amide bonds. The molecule has 2 saturated carbocycles. The average molecular weight is 664 g/mol. The summed E-state index contributed by atoms with van der Waals surface area (Å²) in [5.41, 5.74) is 4.17. The molecule has 0 spiro atoms. The van der Waals surface area contributed by atoms with Crippen LogP contribution in [0.4, 0.5) is 0 Å². The Hall–Kier alpha value is -3.28. The van der Waals surface area contributed by atoms with Crippen LogP contribution in [0.5, 0.6) is 23.0 Å². The lowest BCUT2D eigenvalue weighted by atomic mass is 9.69. The topological polar surface area (TPSA) is 166 Å². The van der Waals surface area contributed by atoms with Gasteiger partial charge in [-0.25, -0.2) is 0 Å². The first kappa shape index (κ1) is 34.6. The van der Waals surface area contributed by atoms with Crippen LogP contribution >= 0.6 is 0 Å². The Kier molecular flexibility index (Phi) is 10.9. The van der Waals surface area contributed by atoms with Crippen molar-refractivity contribution in [3.8, 4) is 23.0 Å². The third kappa shape index (κ3) is 6.78. The summed E-state index contributed by atoms with van der Waals surface area (Å²) in [5, 5.41) is 68.3. The van der Waals surface area contributed by atoms with Crippen molar-refractivity contribution < 1.29 is 40.1 Å². The number of rotatable bonds is 11. The van der Waals surface area contributed by atoms with Crippen LogP contribution in [0.15, 0.2) is 36.7 Å². The van der Waals surface area contributed by atoms with Gasteiger partial charge >= 0.3 is 0 Å². The van der Waals surface area contributed by atoms with Gasteiger partial charge in [-0.1, -0.05) is 30.2 Å². The maximum atomic E-state index is 11.5. The van der Waals surface area contributed by atoms with Crippen LogP contribution in [0, 0.1) is 17.8 Å². The van der Waals surface area contributed by atoms with Crippen molar-refractivity contribution in [2.45, 2.75) is 94.5 Å². The zero-order valence-corrected chi connectivity index (χ0v) is 28.0. The first-order valence-electron chi connectivity index (χ1n) is 17.5. The number of methoxy groups -OCH3 is 1. The number of aromatic hydroxyl groups is 3. The molecule has 10 heteroatoms. The summed E-state index contributed by atoms with van der Waals surface area (Å²) in [4.78, 5) is 4.16. The van der Waals surface area contributed by atoms with E-state index in [1.54, 1.807) is 18.5 Å². The Morgan fingerprint density at radius 2 is 1.81 bits per heavy atom. The van der Waals surface area contributed by atoms with Crippen molar-refractivity contribution in [2.75, 3.05) is 27.3 Å². The van der Waals surface area contributed by atoms with Gasteiger partial charge in [-0.3, -0.25) is 0 Å². The molecule has 2 aromatic carbocycles. The molecule has 10 nitrogen and oxygen atoms in total. The summed E-state index contributed by atoms with van der Waals surface area (Å²) in [6, 6.07) is 7.79. The largest absolute Gasteiger partial charge is 0.670 e. The van der Waals surface area contributed by atoms with Crippen molar-refractivity contribution in [3.63, 3.8) is 0 Å². The number of nitrogens with one attached hydrogen (secondary N) is 1. The van der Waals surface area contributed by atoms with Gasteiger partial charge in [0.05, 0.1) is 32.0 Å². The quantitative estimate of drug-likeness (QED) is 0.143. The van der Waals surface area contributed by atoms with E-state index in [0.29, 0.717) is 29.9 Å². The van der Waals surface area contributed by atoms with Gasteiger partial charge in [0.1, 0.15) is 5.75 Å². The molecule has 3 aromatic rings. The first-order valence-corrected chi connectivity index (χ1v) is 17.5. The number of phenolic OH excluding ortho intramolecular Hbond substituents is 2. The van der Waals surface area contributed by atoms with Gasteiger partial charge in [0.25, 0.3) is 0 Å². The van der Waals surface area contributed by atoms with Crippen LogP contribution in [-0.4, -0.2) is 70.2 Å². The number of aromatic nitrogens is 1. The Labute approximate surface area is 282 Å². The number of hydrogen-bond acceptors (Lipinski definition) is 9. The van der Waals surface area contributed by atoms with E-state index >= 15 is 0 Å². The van der Waals surface area contributed by atoms with E-state index in [4.69, 9.17) is 9.47 Å². The normalized spacial score (nSPS) is 29.0. The molecule has 2 heterocycles. The SMILES string of the molecule is CNCCC1CCC(CO)C(c2cc(C3CCC4C(O)CC(c5c(CO)c(O)c(O)c(OC)c5Cc5cc[n-]c5)OC4C3)ccc2O)C1. The second-order valence-electron chi connectivity index (χ2n) is 14.2. The standard InChI is InChI=1S/C38H51N2O8/c1-39-11-9-21-3-4-25(19-41)27(13-21)28-15-23(6-8-31(28)43)24-5-7-26-32(44)17-34(48-33(26)16-24)35-29(14-22-10-12-40-18-22)38(47-2)37(46)36(45)30(35)20-42/h6,8,10,12,15,18,21,24-27,32-34,39,41-46H,3-5,7,9,11,13-14,16-17,19-20H2,1-2H3/q-1. The fourth-order valence-electron chi connectivity index (χ4n) is 8.95. The number of aliphatic hydroxyl groups is 3. The van der Waals surface area contributed by atoms with Crippen molar-refractivity contribution in [1.29, 1.82) is 0 Å². The van der Waals surface area contributed by atoms with Gasteiger partial charge in [0.2, 0.25) is 5.75 Å². The van der Waals surface area contributed by atoms with Crippen molar-refractivity contribution in [2.24, 2.45) is 17.8 Å². The number of benzene rings is 2. The molecule has 1 aromatic heterocycles. The van der Waals surface area contributed by atoms with Crippen molar-refractivity contribution in [1.82, 2.24) is 10.3 Å². The fraction of sp³-hybridized carbons (Fsp3) is 0.579. The lowest BCUT2D eigenvalue weighted by Gasteiger charge is -2.46. The number of aliphatic hydroxyl groups excluding tert-OH is 3. The van der Waals surface area contributed by atoms with Gasteiger partial charge in [-0.05, 0) is 105 Å². The average Bonchev–Trinajstić information content (AvgIpc) is 3.62. The number of fused-ring (bicyclic) bond motifs is 1. The lowest BCUT2D eigenvalue weighted by molar-refractivity contribution is -0.154. The maximum absolute atomic E-state index is 11.5. The molecular formula is C38H51N2O8-. The summed E-state index contributed by atoms with van der Waals surface area (Å²) in [6.45, 7) is 0.526. The number of phenols is 3. The van der Waals surface area contributed by atoms with Crippen LogP contribution in [0.25, 0.3) is 0 Å². The van der Waals surface area contributed by atoms with E-state index < -0.39 is 30.3 Å². The van der Waals surface area contributed by atoms with Gasteiger partial charge in [-0.15, -0.1) is 0 Å². The molecule has 6 rings (SSSR count). The predicted molar refractivity (Wildman–Crippen MR) is 180 cm³/mol. The first-order chi connectivity index (χ1) is 23.3. The molecular weight excluding hydrogens is 612 g/mol. The highest BCUT2D eigenvalue weighted by atomic mass is 16.5. The zero-order chi connectivity index (χ0) is 33.9. The molecule has 8 atom stereocenters. The Balaban J connectivity index is 1.29. The third-order valence-electron chi connectivity index (χ3n) is 11.5. The summed E-state index contributed by atoms with van der Waals surface area (Å²) >= 11 is 0. The Morgan fingerprint density at radius 1 is 0.979 bits per heavy atom. The van der Waals surface area contributed by atoms with Gasteiger partial charge < -0.3 is 50.4 Å². The Bertz CT molecular complexity index is 1530. The summed E-state index contributed by atoms with van der Waals surface area (Å²) < 4.78 is 12.4. The molecule has 7 N–H and O–H groups in total. The van der Waals surface area contributed by atoms with Crippen LogP contribution < -0.4 is 15.0 Å². The van der Waals surface area contributed by atoms with E-state index in [0.717, 1.165) is 61.8 Å². The monoisotopic (exact) mass is 663 g/mol. The highest BCUT2D eigenvalue weighted by molar-refractivity contribution is 5.64. The number of ether oxygens (including phenoxy) is 2. The summed E-state index contributed by atoms with van der Waals surface area (Å²) in [7, 11) is 3.39. The number of hydrogen-bond donors (Lipinski definition) is 7. The molecule has 3 fully saturated rings. The molecule has 48 heavy (non-hydrogen) atoms. The highest BCUT2D eigenvalue weighted by Gasteiger charge is 2.44. The van der Waals surface area contributed by atoms with Gasteiger partial charge in [-0.2, -0.15) is 12.4 Å². The van der Waals surface area contributed by atoms with Crippen molar-refractivity contribution in [3.05, 3.63) is 70.0 Å². The Morgan fingerprint density at radius 3 is 2.52 bits per heavy atom. The summed E-state index contributed by atoms with van der Waals surface area (Å²) in [5.74, 6) is 0.312. The second kappa shape index (κ2) is 15.1. The van der Waals surface area contributed by atoms with E-state index in [-0.39, 0.29) is 59.9 Å². The lowest BCUT2D eigenvalue weighted by Crippen LogP contribution is -2.44. The maximum Gasteiger partial charge on any atom is 0.201 e. The predicted octanol–water partition coefficient (Wildman–Crippen LogP) is 4.73. The van der Waals surface area contributed by atoms with E-state index in [1.807, 2.05) is 19.2 Å². The minimum absolute atomic E-state index is 0.0629.